The minimum absolute atomic E-state index is 0.00287. The fourth-order valence-electron chi connectivity index (χ4n) is 12.7. The van der Waals surface area contributed by atoms with Gasteiger partial charge in [-0.05, 0) is 119 Å². The van der Waals surface area contributed by atoms with E-state index in [0.717, 1.165) is 38.5 Å². The number of aliphatic hydroxyl groups is 1. The molecule has 2 unspecified atom stereocenters. The van der Waals surface area contributed by atoms with Crippen LogP contribution in [0.5, 0.6) is 0 Å². The van der Waals surface area contributed by atoms with E-state index in [1.165, 1.54) is 24.3 Å². The molecule has 2 saturated carbocycles. The molecule has 8 saturated heterocycles. The Hall–Kier alpha value is -1.72. The highest BCUT2D eigenvalue weighted by Gasteiger charge is 2.71. The van der Waals surface area contributed by atoms with E-state index in [1.807, 2.05) is 13.8 Å². The summed E-state index contributed by atoms with van der Waals surface area (Å²) in [7, 11) is -3.92. The molecule has 11 rings (SSSR count). The number of hydrogen-bond acceptors (Lipinski definition) is 12. The molecule has 16 atom stereocenters. The van der Waals surface area contributed by atoms with E-state index in [1.54, 1.807) is 0 Å². The lowest BCUT2D eigenvalue weighted by Gasteiger charge is -2.61. The van der Waals surface area contributed by atoms with Gasteiger partial charge in [0.25, 0.3) is 0 Å². The summed E-state index contributed by atoms with van der Waals surface area (Å²) in [5.41, 5.74) is -3.10. The van der Waals surface area contributed by atoms with Crippen LogP contribution in [0.4, 0.5) is 0 Å². The van der Waals surface area contributed by atoms with Crippen LogP contribution in [0.3, 0.4) is 0 Å². The van der Waals surface area contributed by atoms with E-state index in [2.05, 4.69) is 27.7 Å². The Balaban J connectivity index is 1.03. The maximum absolute atomic E-state index is 13.9. The second-order valence-corrected chi connectivity index (χ2v) is 21.5. The maximum atomic E-state index is 13.9. The van der Waals surface area contributed by atoms with Gasteiger partial charge in [0.05, 0.1) is 34.0 Å². The number of carboxylic acid groups (broad SMARTS) is 1. The van der Waals surface area contributed by atoms with Crippen LogP contribution in [0.25, 0.3) is 0 Å². The molecule has 8 heterocycles. The molecule has 1 aromatic carbocycles. The van der Waals surface area contributed by atoms with Crippen molar-refractivity contribution in [2.75, 3.05) is 5.75 Å². The van der Waals surface area contributed by atoms with Gasteiger partial charge in [-0.1, -0.05) is 27.7 Å². The minimum atomic E-state index is -3.92. The highest BCUT2D eigenvalue weighted by atomic mass is 32.2. The summed E-state index contributed by atoms with van der Waals surface area (Å²) in [6.45, 7) is 12.6. The summed E-state index contributed by atoms with van der Waals surface area (Å²) >= 11 is 0. The zero-order valence-electron chi connectivity index (χ0n) is 33.5. The third-order valence-electron chi connectivity index (χ3n) is 16.0. The first-order chi connectivity index (χ1) is 26.4. The van der Waals surface area contributed by atoms with Crippen LogP contribution in [0, 0.1) is 47.3 Å². The van der Waals surface area contributed by atoms with Crippen molar-refractivity contribution in [3.63, 3.8) is 0 Å². The Bertz CT molecular complexity index is 1710. The van der Waals surface area contributed by atoms with Crippen molar-refractivity contribution in [3.05, 3.63) is 29.8 Å². The molecule has 13 nitrogen and oxygen atoms in total. The van der Waals surface area contributed by atoms with Gasteiger partial charge in [-0.3, -0.25) is 0 Å². The lowest BCUT2D eigenvalue weighted by molar-refractivity contribution is -0.572. The lowest BCUT2D eigenvalue weighted by Crippen LogP contribution is -2.71. The Labute approximate surface area is 330 Å². The minimum Gasteiger partial charge on any atom is -0.478 e. The third kappa shape index (κ3) is 6.17. The molecule has 4 bridgehead atoms. The Morgan fingerprint density at radius 2 is 1.18 bits per heavy atom. The molecule has 2 N–H and O–H groups in total. The fraction of sp³-hybridized carbons (Fsp3) is 0.833. The summed E-state index contributed by atoms with van der Waals surface area (Å²) in [5.74, 6) is -2.31. The largest absolute Gasteiger partial charge is 0.478 e. The van der Waals surface area contributed by atoms with Gasteiger partial charge in [-0.15, -0.1) is 0 Å². The molecule has 8 aliphatic heterocycles. The average molecular weight is 805 g/mol. The Kier molecular flexibility index (Phi) is 9.68. The van der Waals surface area contributed by atoms with Crippen LogP contribution >= 0.6 is 0 Å². The number of carboxylic acids is 1. The second-order valence-electron chi connectivity index (χ2n) is 19.4. The molecule has 56 heavy (non-hydrogen) atoms. The summed E-state index contributed by atoms with van der Waals surface area (Å²) < 4.78 is 55.0. The fourth-order valence-corrected chi connectivity index (χ4v) is 14.1. The van der Waals surface area contributed by atoms with Crippen molar-refractivity contribution >= 4 is 15.8 Å². The number of ether oxygens (including phenoxy) is 4. The van der Waals surface area contributed by atoms with Gasteiger partial charge in [0, 0.05) is 37.5 Å². The molecule has 2 aliphatic carbocycles. The molecular formula is C42H60O13S. The van der Waals surface area contributed by atoms with E-state index < -0.39 is 69.0 Å². The third-order valence-corrected chi connectivity index (χ3v) is 17.8. The molecule has 10 fully saturated rings. The molecule has 2 spiro atoms. The summed E-state index contributed by atoms with van der Waals surface area (Å²) in [4.78, 5) is 36.4. The molecule has 10 aliphatic rings. The van der Waals surface area contributed by atoms with Gasteiger partial charge < -0.3 is 29.2 Å². The molecular weight excluding hydrogens is 745 g/mol. The summed E-state index contributed by atoms with van der Waals surface area (Å²) in [5, 5.41) is 22.5. The number of aromatic carboxylic acids is 1. The zero-order valence-corrected chi connectivity index (χ0v) is 34.3. The van der Waals surface area contributed by atoms with E-state index in [-0.39, 0.29) is 71.0 Å². The Morgan fingerprint density at radius 3 is 1.62 bits per heavy atom. The molecule has 0 amide bonds. The van der Waals surface area contributed by atoms with Gasteiger partial charge in [-0.25, -0.2) is 32.8 Å². The van der Waals surface area contributed by atoms with Gasteiger partial charge in [0.2, 0.25) is 11.6 Å². The van der Waals surface area contributed by atoms with E-state index >= 15 is 0 Å². The maximum Gasteiger partial charge on any atom is 0.335 e. The normalized spacial score (nSPS) is 49.2. The first-order valence-corrected chi connectivity index (χ1v) is 22.7. The van der Waals surface area contributed by atoms with Crippen molar-refractivity contribution < 1.29 is 61.9 Å². The number of fused-ring (bicyclic) bond motifs is 4. The van der Waals surface area contributed by atoms with Crippen molar-refractivity contribution in [2.24, 2.45) is 47.3 Å². The Morgan fingerprint density at radius 1 is 0.714 bits per heavy atom. The van der Waals surface area contributed by atoms with Crippen LogP contribution in [0.2, 0.25) is 0 Å². The monoisotopic (exact) mass is 804 g/mol. The van der Waals surface area contributed by atoms with Crippen molar-refractivity contribution in [1.82, 2.24) is 0 Å². The topological polar surface area (TPSA) is 166 Å². The van der Waals surface area contributed by atoms with Crippen LogP contribution in [-0.4, -0.2) is 83.5 Å². The van der Waals surface area contributed by atoms with Crippen molar-refractivity contribution in [1.29, 1.82) is 0 Å². The van der Waals surface area contributed by atoms with Crippen LogP contribution < -0.4 is 0 Å². The second kappa shape index (κ2) is 13.7. The van der Waals surface area contributed by atoms with Crippen LogP contribution in [0.1, 0.15) is 123 Å². The number of rotatable bonds is 9. The summed E-state index contributed by atoms with van der Waals surface area (Å²) in [6.07, 6.45) is 4.85. The lowest BCUT2D eigenvalue weighted by atomic mass is 9.56. The molecule has 312 valence electrons. The first kappa shape index (κ1) is 39.7. The predicted molar refractivity (Wildman–Crippen MR) is 198 cm³/mol. The molecule has 14 heteroatoms. The van der Waals surface area contributed by atoms with Gasteiger partial charge in [0.1, 0.15) is 0 Å². The zero-order chi connectivity index (χ0) is 39.6. The van der Waals surface area contributed by atoms with E-state index in [4.69, 9.17) is 38.5 Å². The number of benzene rings is 1. The highest BCUT2D eigenvalue weighted by molar-refractivity contribution is 7.91. The standard InChI is InChI=1S/C42H60O13S/c1-23-7-13-31-25(3)33(48-36-41(31)29(23)15-17-38(5,50-36)52-54-41)21-40(45,19-20-56(46,47)28-11-9-27(10-12-28)35(43)44)22-34-26(4)32-14-8-24(2)30-16-18-39(6)51-37(49-34)42(30,32)55-53-39/h9-12,23-26,29-34,36-37,45H,7-8,13-22H2,1-6H3,(H,43,44)/t23-,24-,25-,26-,29+,30+,31+,32+,33?,34?,36+,37+,38-,39-,40?,41-,42-/m1/s1. The predicted octanol–water partition coefficient (Wildman–Crippen LogP) is 6.56. The number of carbonyl (C=O) groups is 1. The average Bonchev–Trinajstić information content (AvgIpc) is 3.53. The van der Waals surface area contributed by atoms with Gasteiger partial charge in [0.15, 0.2) is 33.6 Å². The highest BCUT2D eigenvalue weighted by Crippen LogP contribution is 2.63. The van der Waals surface area contributed by atoms with Crippen molar-refractivity contribution in [3.8, 4) is 0 Å². The molecule has 1 aromatic rings. The SMILES string of the molecule is C[C@@H]1CC[C@H]2[C@@H](C)C(CC(O)(CCS(=O)(=O)c3ccc(C(=O)O)cc3)CC3O[C@H]4O[C@@]5(C)CC[C@H]6[C@H](C)CC[C@@H]([C@H]3C)[C@@]46OO5)O[C@H]3O[C@@]4(C)CC[C@@H]1[C@]32OO4. The molecule has 0 aromatic heterocycles. The van der Waals surface area contributed by atoms with E-state index in [0.29, 0.717) is 24.7 Å². The quantitative estimate of drug-likeness (QED) is 0.258. The van der Waals surface area contributed by atoms with E-state index in [9.17, 15) is 23.4 Å². The van der Waals surface area contributed by atoms with Crippen molar-refractivity contribution in [2.45, 2.75) is 170 Å². The van der Waals surface area contributed by atoms with Crippen LogP contribution in [0.15, 0.2) is 29.2 Å². The number of hydrogen-bond donors (Lipinski definition) is 2. The first-order valence-electron chi connectivity index (χ1n) is 21.1. The summed E-state index contributed by atoms with van der Waals surface area (Å²) in [6, 6.07) is 5.22. The number of sulfone groups is 1. The van der Waals surface area contributed by atoms with Gasteiger partial charge >= 0.3 is 5.97 Å². The van der Waals surface area contributed by atoms with Crippen LogP contribution in [-0.2, 0) is 48.3 Å². The van der Waals surface area contributed by atoms with Gasteiger partial charge in [-0.2, -0.15) is 0 Å². The molecule has 0 radical (unpaired) electrons. The smallest absolute Gasteiger partial charge is 0.335 e.